The molecule has 1 aromatic heterocycles. The van der Waals surface area contributed by atoms with Gasteiger partial charge in [-0.25, -0.2) is 9.78 Å². The highest BCUT2D eigenvalue weighted by Gasteiger charge is 2.26. The number of amides is 2. The Balaban J connectivity index is 1.53. The molecule has 0 radical (unpaired) electrons. The molecule has 128 valence electrons. The number of nitrogens with zero attached hydrogens (tertiary/aromatic N) is 2. The van der Waals surface area contributed by atoms with Crippen LogP contribution in [0.25, 0.3) is 5.69 Å². The molecule has 3 rings (SSSR count). The molecule has 1 fully saturated rings. The molecule has 2 atom stereocenters. The van der Waals surface area contributed by atoms with Gasteiger partial charge in [-0.1, -0.05) is 25.0 Å². The molecule has 1 heterocycles. The standard InChI is InChI=1S/C18H24N4O2/c1-24-17-8-3-2-7-16(17)21-18(23)20-12-14-5-4-6-15(11-14)22-10-9-19-13-22/h4-6,9-11,13,16-17H,2-3,7-8,12H2,1H3,(H2,20,21,23). The second kappa shape index (κ2) is 7.97. The first kappa shape index (κ1) is 16.5. The molecule has 1 aliphatic rings. The molecule has 6 nitrogen and oxygen atoms in total. The Morgan fingerprint density at radius 1 is 1.38 bits per heavy atom. The van der Waals surface area contributed by atoms with Crippen molar-refractivity contribution in [3.05, 3.63) is 48.5 Å². The van der Waals surface area contributed by atoms with E-state index in [1.807, 2.05) is 35.0 Å². The highest BCUT2D eigenvalue weighted by Crippen LogP contribution is 2.20. The Hall–Kier alpha value is -2.34. The van der Waals surface area contributed by atoms with Gasteiger partial charge in [-0.05, 0) is 30.5 Å². The fraction of sp³-hybridized carbons (Fsp3) is 0.444. The summed E-state index contributed by atoms with van der Waals surface area (Å²) < 4.78 is 7.41. The number of ether oxygens (including phenoxy) is 1. The molecule has 2 unspecified atom stereocenters. The predicted octanol–water partition coefficient (Wildman–Crippen LogP) is 2.63. The molecular formula is C18H24N4O2. The summed E-state index contributed by atoms with van der Waals surface area (Å²) in [6, 6.07) is 7.99. The normalized spacial score (nSPS) is 20.5. The van der Waals surface area contributed by atoms with E-state index in [-0.39, 0.29) is 18.2 Å². The summed E-state index contributed by atoms with van der Waals surface area (Å²) in [5.41, 5.74) is 2.07. The van der Waals surface area contributed by atoms with Crippen LogP contribution < -0.4 is 10.6 Å². The number of rotatable bonds is 5. The van der Waals surface area contributed by atoms with E-state index in [0.29, 0.717) is 6.54 Å². The van der Waals surface area contributed by atoms with Crippen molar-refractivity contribution in [1.29, 1.82) is 0 Å². The number of aromatic nitrogens is 2. The van der Waals surface area contributed by atoms with Crippen molar-refractivity contribution < 1.29 is 9.53 Å². The number of hydrogen-bond acceptors (Lipinski definition) is 3. The molecule has 1 saturated carbocycles. The Morgan fingerprint density at radius 2 is 2.25 bits per heavy atom. The van der Waals surface area contributed by atoms with Crippen molar-refractivity contribution in [3.63, 3.8) is 0 Å². The van der Waals surface area contributed by atoms with E-state index in [1.165, 1.54) is 6.42 Å². The number of urea groups is 1. The number of nitrogens with one attached hydrogen (secondary N) is 2. The molecule has 0 aliphatic heterocycles. The van der Waals surface area contributed by atoms with Crippen molar-refractivity contribution in [3.8, 4) is 5.69 Å². The summed E-state index contributed by atoms with van der Waals surface area (Å²) >= 11 is 0. The van der Waals surface area contributed by atoms with Crippen LogP contribution in [0.4, 0.5) is 4.79 Å². The summed E-state index contributed by atoms with van der Waals surface area (Å²) in [4.78, 5) is 16.2. The second-order valence-electron chi connectivity index (χ2n) is 6.13. The Kier molecular flexibility index (Phi) is 5.48. The largest absolute Gasteiger partial charge is 0.379 e. The maximum absolute atomic E-state index is 12.2. The molecule has 0 saturated heterocycles. The van der Waals surface area contributed by atoms with Gasteiger partial charge in [-0.3, -0.25) is 0 Å². The van der Waals surface area contributed by atoms with Crippen LogP contribution >= 0.6 is 0 Å². The minimum atomic E-state index is -0.142. The predicted molar refractivity (Wildman–Crippen MR) is 92.0 cm³/mol. The van der Waals surface area contributed by atoms with Gasteiger partial charge < -0.3 is 19.9 Å². The van der Waals surface area contributed by atoms with Gasteiger partial charge in [0.25, 0.3) is 0 Å². The van der Waals surface area contributed by atoms with Crippen molar-refractivity contribution in [2.45, 2.75) is 44.4 Å². The first-order valence-electron chi connectivity index (χ1n) is 8.40. The van der Waals surface area contributed by atoms with Crippen LogP contribution in [0.2, 0.25) is 0 Å². The van der Waals surface area contributed by atoms with Crippen molar-refractivity contribution in [2.75, 3.05) is 7.11 Å². The molecule has 24 heavy (non-hydrogen) atoms. The Morgan fingerprint density at radius 3 is 3.04 bits per heavy atom. The molecule has 0 bridgehead atoms. The smallest absolute Gasteiger partial charge is 0.315 e. The van der Waals surface area contributed by atoms with Crippen LogP contribution in [0.1, 0.15) is 31.2 Å². The maximum Gasteiger partial charge on any atom is 0.315 e. The van der Waals surface area contributed by atoms with Crippen LogP contribution in [0.15, 0.2) is 43.0 Å². The van der Waals surface area contributed by atoms with Gasteiger partial charge in [0.05, 0.1) is 18.5 Å². The molecule has 2 amide bonds. The van der Waals surface area contributed by atoms with Gasteiger partial charge in [0.2, 0.25) is 0 Å². The summed E-state index contributed by atoms with van der Waals surface area (Å²) in [7, 11) is 1.71. The fourth-order valence-corrected chi connectivity index (χ4v) is 3.18. The third-order valence-electron chi connectivity index (χ3n) is 4.49. The topological polar surface area (TPSA) is 68.2 Å². The number of carbonyl (C=O) groups is 1. The highest BCUT2D eigenvalue weighted by atomic mass is 16.5. The van der Waals surface area contributed by atoms with Crippen molar-refractivity contribution in [1.82, 2.24) is 20.2 Å². The number of hydrogen-bond donors (Lipinski definition) is 2. The molecule has 6 heteroatoms. The van der Waals surface area contributed by atoms with Crippen LogP contribution in [0.3, 0.4) is 0 Å². The minimum absolute atomic E-state index is 0.0982. The highest BCUT2D eigenvalue weighted by molar-refractivity contribution is 5.74. The molecule has 1 aliphatic carbocycles. The van der Waals surface area contributed by atoms with Crippen LogP contribution in [-0.4, -0.2) is 34.8 Å². The SMILES string of the molecule is COC1CCCCC1NC(=O)NCc1cccc(-n2ccnc2)c1. The van der Waals surface area contributed by atoms with E-state index in [0.717, 1.165) is 30.5 Å². The zero-order chi connectivity index (χ0) is 16.8. The zero-order valence-corrected chi connectivity index (χ0v) is 13.9. The van der Waals surface area contributed by atoms with E-state index in [1.54, 1.807) is 19.6 Å². The minimum Gasteiger partial charge on any atom is -0.379 e. The monoisotopic (exact) mass is 328 g/mol. The van der Waals surface area contributed by atoms with Gasteiger partial charge in [-0.2, -0.15) is 0 Å². The average Bonchev–Trinajstić information content (AvgIpc) is 3.15. The Bertz CT molecular complexity index is 657. The quantitative estimate of drug-likeness (QED) is 0.886. The van der Waals surface area contributed by atoms with Gasteiger partial charge in [0.1, 0.15) is 0 Å². The maximum atomic E-state index is 12.2. The first-order valence-corrected chi connectivity index (χ1v) is 8.40. The first-order chi connectivity index (χ1) is 11.8. The van der Waals surface area contributed by atoms with Crippen LogP contribution in [0, 0.1) is 0 Å². The third-order valence-corrected chi connectivity index (χ3v) is 4.49. The van der Waals surface area contributed by atoms with E-state index in [4.69, 9.17) is 4.74 Å². The number of carbonyl (C=O) groups excluding carboxylic acids is 1. The lowest BCUT2D eigenvalue weighted by Gasteiger charge is -2.31. The zero-order valence-electron chi connectivity index (χ0n) is 13.9. The molecule has 2 N–H and O–H groups in total. The summed E-state index contributed by atoms with van der Waals surface area (Å²) in [6.45, 7) is 0.485. The van der Waals surface area contributed by atoms with E-state index < -0.39 is 0 Å². The van der Waals surface area contributed by atoms with E-state index in [2.05, 4.69) is 15.6 Å². The number of imidazole rings is 1. The lowest BCUT2D eigenvalue weighted by Crippen LogP contribution is -2.49. The Labute approximate surface area is 142 Å². The molecule has 2 aromatic rings. The molecular weight excluding hydrogens is 304 g/mol. The lowest BCUT2D eigenvalue weighted by atomic mass is 9.92. The average molecular weight is 328 g/mol. The van der Waals surface area contributed by atoms with E-state index >= 15 is 0 Å². The van der Waals surface area contributed by atoms with Gasteiger partial charge >= 0.3 is 6.03 Å². The second-order valence-corrected chi connectivity index (χ2v) is 6.13. The number of benzene rings is 1. The fourth-order valence-electron chi connectivity index (χ4n) is 3.18. The van der Waals surface area contributed by atoms with Crippen molar-refractivity contribution in [2.24, 2.45) is 0 Å². The van der Waals surface area contributed by atoms with Gasteiger partial charge in [0, 0.05) is 31.7 Å². The molecule has 1 aromatic carbocycles. The number of methoxy groups -OCH3 is 1. The van der Waals surface area contributed by atoms with E-state index in [9.17, 15) is 4.79 Å². The van der Waals surface area contributed by atoms with Crippen LogP contribution in [0.5, 0.6) is 0 Å². The summed E-state index contributed by atoms with van der Waals surface area (Å²) in [5, 5.41) is 5.97. The van der Waals surface area contributed by atoms with Gasteiger partial charge in [0.15, 0.2) is 0 Å². The lowest BCUT2D eigenvalue weighted by molar-refractivity contribution is 0.0452. The van der Waals surface area contributed by atoms with Crippen LogP contribution in [-0.2, 0) is 11.3 Å². The molecule has 0 spiro atoms. The third kappa shape index (κ3) is 4.14. The van der Waals surface area contributed by atoms with Gasteiger partial charge in [-0.15, -0.1) is 0 Å². The summed E-state index contributed by atoms with van der Waals surface area (Å²) in [6.07, 6.45) is 9.80. The van der Waals surface area contributed by atoms with Crippen molar-refractivity contribution >= 4 is 6.03 Å². The summed E-state index contributed by atoms with van der Waals surface area (Å²) in [5.74, 6) is 0.